The molecular formula is C16H16Cl2N2O4S. The van der Waals surface area contributed by atoms with Crippen LogP contribution in [-0.4, -0.2) is 17.8 Å². The lowest BCUT2D eigenvalue weighted by atomic mass is 10.1. The van der Waals surface area contributed by atoms with Crippen LogP contribution in [0.15, 0.2) is 53.4 Å². The highest BCUT2D eigenvalue weighted by Crippen LogP contribution is 2.37. The van der Waals surface area contributed by atoms with Crippen LogP contribution in [-0.2, 0) is 10.0 Å². The zero-order valence-electron chi connectivity index (χ0n) is 13.4. The molecule has 0 radical (unpaired) electrons. The van der Waals surface area contributed by atoms with E-state index in [0.717, 1.165) is 11.1 Å². The Balaban J connectivity index is 2.47. The fourth-order valence-electron chi connectivity index (χ4n) is 2.14. The number of aryl methyl sites for hydroxylation is 2. The van der Waals surface area contributed by atoms with Crippen LogP contribution >= 0.6 is 23.2 Å². The van der Waals surface area contributed by atoms with Gasteiger partial charge in [-0.3, -0.25) is 10.1 Å². The minimum absolute atomic E-state index is 0.0392. The Morgan fingerprint density at radius 1 is 1.00 bits per heavy atom. The molecule has 2 aromatic carbocycles. The van der Waals surface area contributed by atoms with Crippen molar-refractivity contribution in [1.29, 1.82) is 0 Å². The third-order valence-corrected chi connectivity index (χ3v) is 5.76. The first-order valence-electron chi connectivity index (χ1n) is 7.22. The standard InChI is InChI=1S/C16H16Cl2N2O4S/c1-11-3-7-13(8-4-11)15(16(17,18)20(21)22)19-25(23,24)14-9-5-12(2)6-10-14/h3-10,15,19H,1-2H3/t15-/m1/s1. The molecule has 2 aromatic rings. The SMILES string of the molecule is Cc1ccc([C@@H](NS(=O)(=O)c2ccc(C)cc2)C(Cl)(Cl)[N+](=O)[O-])cc1. The van der Waals surface area contributed by atoms with Gasteiger partial charge in [0.2, 0.25) is 10.0 Å². The first-order valence-corrected chi connectivity index (χ1v) is 9.46. The smallest absolute Gasteiger partial charge is 0.261 e. The summed E-state index contributed by atoms with van der Waals surface area (Å²) < 4.78 is 24.9. The van der Waals surface area contributed by atoms with Crippen LogP contribution in [0, 0.1) is 24.0 Å². The summed E-state index contributed by atoms with van der Waals surface area (Å²) in [5.74, 6) is 0. The van der Waals surface area contributed by atoms with E-state index in [9.17, 15) is 18.5 Å². The molecule has 0 aliphatic heterocycles. The number of hydrogen-bond donors (Lipinski definition) is 1. The molecule has 0 bridgehead atoms. The fourth-order valence-corrected chi connectivity index (χ4v) is 3.88. The summed E-state index contributed by atoms with van der Waals surface area (Å²) in [7, 11) is -4.07. The number of sulfonamides is 1. The highest BCUT2D eigenvalue weighted by molar-refractivity contribution is 7.89. The van der Waals surface area contributed by atoms with E-state index in [2.05, 4.69) is 4.72 Å². The molecule has 0 unspecified atom stereocenters. The lowest BCUT2D eigenvalue weighted by molar-refractivity contribution is -0.520. The van der Waals surface area contributed by atoms with Crippen molar-refractivity contribution < 1.29 is 13.3 Å². The molecule has 25 heavy (non-hydrogen) atoms. The van der Waals surface area contributed by atoms with Gasteiger partial charge in [0.05, 0.1) is 9.82 Å². The lowest BCUT2D eigenvalue weighted by Crippen LogP contribution is -2.43. The fraction of sp³-hybridized carbons (Fsp3) is 0.250. The molecule has 0 amide bonds. The molecule has 134 valence electrons. The number of halogens is 2. The number of benzene rings is 2. The maximum Gasteiger partial charge on any atom is 0.390 e. The molecule has 0 aromatic heterocycles. The minimum atomic E-state index is -4.07. The van der Waals surface area contributed by atoms with E-state index >= 15 is 0 Å². The molecule has 0 saturated carbocycles. The van der Waals surface area contributed by atoms with Gasteiger partial charge in [-0.15, -0.1) is 0 Å². The Morgan fingerprint density at radius 2 is 1.44 bits per heavy atom. The highest BCUT2D eigenvalue weighted by atomic mass is 35.5. The van der Waals surface area contributed by atoms with Crippen LogP contribution in [0.3, 0.4) is 0 Å². The van der Waals surface area contributed by atoms with Gasteiger partial charge in [0.15, 0.2) is 0 Å². The van der Waals surface area contributed by atoms with Gasteiger partial charge in [-0.25, -0.2) is 8.42 Å². The molecule has 0 aliphatic rings. The molecule has 0 aliphatic carbocycles. The molecule has 0 fully saturated rings. The first-order chi connectivity index (χ1) is 11.5. The number of nitrogens with one attached hydrogen (secondary N) is 1. The molecule has 0 spiro atoms. The monoisotopic (exact) mass is 402 g/mol. The van der Waals surface area contributed by atoms with E-state index < -0.39 is 25.4 Å². The van der Waals surface area contributed by atoms with E-state index in [1.165, 1.54) is 12.1 Å². The average molecular weight is 403 g/mol. The molecule has 9 heteroatoms. The maximum atomic E-state index is 12.6. The van der Waals surface area contributed by atoms with Crippen LogP contribution in [0.1, 0.15) is 22.7 Å². The summed E-state index contributed by atoms with van der Waals surface area (Å²) in [5.41, 5.74) is 2.06. The van der Waals surface area contributed by atoms with Crippen molar-refractivity contribution in [2.75, 3.05) is 0 Å². The van der Waals surface area contributed by atoms with Crippen molar-refractivity contribution in [3.63, 3.8) is 0 Å². The van der Waals surface area contributed by atoms with Gasteiger partial charge in [0, 0.05) is 0 Å². The van der Waals surface area contributed by atoms with Crippen molar-refractivity contribution in [2.24, 2.45) is 0 Å². The Hall–Kier alpha value is -1.67. The summed E-state index contributed by atoms with van der Waals surface area (Å²) >= 11 is 11.7. The average Bonchev–Trinajstić information content (AvgIpc) is 2.54. The molecule has 2 rings (SSSR count). The second-order valence-electron chi connectivity index (χ2n) is 5.62. The highest BCUT2D eigenvalue weighted by Gasteiger charge is 2.50. The molecule has 1 atom stereocenters. The van der Waals surface area contributed by atoms with E-state index in [1.807, 2.05) is 13.8 Å². The van der Waals surface area contributed by atoms with E-state index in [0.29, 0.717) is 0 Å². The van der Waals surface area contributed by atoms with Gasteiger partial charge in [-0.2, -0.15) is 4.72 Å². The van der Waals surface area contributed by atoms with Crippen LogP contribution in [0.25, 0.3) is 0 Å². The lowest BCUT2D eigenvalue weighted by Gasteiger charge is -2.24. The quantitative estimate of drug-likeness (QED) is 0.345. The summed E-state index contributed by atoms with van der Waals surface area (Å²) in [6.07, 6.45) is 0. The predicted molar refractivity (Wildman–Crippen MR) is 96.9 cm³/mol. The van der Waals surface area contributed by atoms with E-state index in [4.69, 9.17) is 23.2 Å². The first kappa shape index (κ1) is 19.7. The Kier molecular flexibility index (Phi) is 5.73. The molecule has 1 N–H and O–H groups in total. The topological polar surface area (TPSA) is 89.3 Å². The maximum absolute atomic E-state index is 12.6. The molecule has 0 heterocycles. The number of hydrogen-bond acceptors (Lipinski definition) is 4. The zero-order valence-corrected chi connectivity index (χ0v) is 15.8. The van der Waals surface area contributed by atoms with Gasteiger partial charge < -0.3 is 0 Å². The van der Waals surface area contributed by atoms with Crippen LogP contribution in [0.2, 0.25) is 0 Å². The normalized spacial score (nSPS) is 13.4. The second kappa shape index (κ2) is 7.29. The zero-order chi connectivity index (χ0) is 18.8. The number of rotatable bonds is 6. The van der Waals surface area contributed by atoms with E-state index in [1.54, 1.807) is 36.4 Å². The largest absolute Gasteiger partial charge is 0.390 e. The van der Waals surface area contributed by atoms with Crippen molar-refractivity contribution in [3.8, 4) is 0 Å². The predicted octanol–water partition coefficient (Wildman–Crippen LogP) is 3.73. The summed E-state index contributed by atoms with van der Waals surface area (Å²) in [6.45, 7) is 3.64. The van der Waals surface area contributed by atoms with Gasteiger partial charge in [-0.05, 0) is 54.7 Å². The van der Waals surface area contributed by atoms with Crippen molar-refractivity contribution in [3.05, 3.63) is 75.3 Å². The van der Waals surface area contributed by atoms with Crippen LogP contribution in [0.4, 0.5) is 0 Å². The Morgan fingerprint density at radius 3 is 1.88 bits per heavy atom. The number of alkyl halides is 2. The van der Waals surface area contributed by atoms with Crippen molar-refractivity contribution >= 4 is 33.2 Å². The van der Waals surface area contributed by atoms with Gasteiger partial charge in [-0.1, -0.05) is 47.5 Å². The van der Waals surface area contributed by atoms with Gasteiger partial charge in [0.1, 0.15) is 6.04 Å². The van der Waals surface area contributed by atoms with Crippen molar-refractivity contribution in [2.45, 2.75) is 29.2 Å². The summed E-state index contributed by atoms with van der Waals surface area (Å²) in [6, 6.07) is 11.0. The summed E-state index contributed by atoms with van der Waals surface area (Å²) in [5, 5.41) is 11.3. The second-order valence-corrected chi connectivity index (χ2v) is 8.68. The van der Waals surface area contributed by atoms with Gasteiger partial charge >= 0.3 is 4.46 Å². The van der Waals surface area contributed by atoms with Crippen LogP contribution in [0.5, 0.6) is 0 Å². The minimum Gasteiger partial charge on any atom is -0.261 e. The summed E-state index contributed by atoms with van der Waals surface area (Å²) in [4.78, 5) is 10.3. The third kappa shape index (κ3) is 4.49. The number of nitrogens with zero attached hydrogens (tertiary/aromatic N) is 1. The molecule has 6 nitrogen and oxygen atoms in total. The Bertz CT molecular complexity index is 866. The van der Waals surface area contributed by atoms with Crippen molar-refractivity contribution in [1.82, 2.24) is 4.72 Å². The molecule has 0 saturated heterocycles. The van der Waals surface area contributed by atoms with Gasteiger partial charge in [0.25, 0.3) is 0 Å². The van der Waals surface area contributed by atoms with Crippen LogP contribution < -0.4 is 4.72 Å². The van der Waals surface area contributed by atoms with E-state index in [-0.39, 0.29) is 10.5 Å². The molecular weight excluding hydrogens is 387 g/mol. The number of nitro groups is 1. The Labute approximate surface area is 156 Å². The third-order valence-electron chi connectivity index (χ3n) is 3.61.